The van der Waals surface area contributed by atoms with E-state index in [0.29, 0.717) is 11.7 Å². The number of hydrogen-bond donors (Lipinski definition) is 3. The first-order valence-electron chi connectivity index (χ1n) is 8.71. The summed E-state index contributed by atoms with van der Waals surface area (Å²) in [7, 11) is 3.18. The van der Waals surface area contributed by atoms with Gasteiger partial charge in [0.05, 0.1) is 6.54 Å². The van der Waals surface area contributed by atoms with Gasteiger partial charge in [-0.1, -0.05) is 19.1 Å². The first kappa shape index (κ1) is 18.7. The largest absolute Gasteiger partial charge is 0.491 e. The first-order chi connectivity index (χ1) is 12.9. The lowest BCUT2D eigenvalue weighted by molar-refractivity contribution is 0.0938. The molecule has 144 valence electrons. The van der Waals surface area contributed by atoms with Gasteiger partial charge in [0.1, 0.15) is 18.5 Å². The van der Waals surface area contributed by atoms with E-state index >= 15 is 0 Å². The lowest BCUT2D eigenvalue weighted by atomic mass is 10.2. The van der Waals surface area contributed by atoms with Gasteiger partial charge in [0.15, 0.2) is 11.2 Å². The fourth-order valence-electron chi connectivity index (χ4n) is 2.88. The van der Waals surface area contributed by atoms with Crippen LogP contribution in [0.15, 0.2) is 33.9 Å². The molecule has 0 fully saturated rings. The molecule has 9 nitrogen and oxygen atoms in total. The summed E-state index contributed by atoms with van der Waals surface area (Å²) in [4.78, 5) is 30.5. The summed E-state index contributed by atoms with van der Waals surface area (Å²) < 4.78 is 8.43. The van der Waals surface area contributed by atoms with Crippen LogP contribution in [0.3, 0.4) is 0 Å². The molecule has 0 radical (unpaired) electrons. The Bertz CT molecular complexity index is 1050. The third-order valence-corrected chi connectivity index (χ3v) is 4.40. The van der Waals surface area contributed by atoms with Crippen molar-refractivity contribution >= 4 is 17.1 Å². The number of aromatic amines is 1. The van der Waals surface area contributed by atoms with Crippen LogP contribution in [0.1, 0.15) is 12.5 Å². The normalized spacial score (nSPS) is 12.3. The van der Waals surface area contributed by atoms with E-state index in [2.05, 4.69) is 22.2 Å². The molecule has 0 spiro atoms. The topological polar surface area (TPSA) is 114 Å². The van der Waals surface area contributed by atoms with Crippen molar-refractivity contribution < 1.29 is 9.84 Å². The summed E-state index contributed by atoms with van der Waals surface area (Å²) in [5.41, 5.74) is 0.574. The van der Waals surface area contributed by atoms with Gasteiger partial charge in [0.25, 0.3) is 5.56 Å². The third-order valence-electron chi connectivity index (χ3n) is 4.40. The van der Waals surface area contributed by atoms with Gasteiger partial charge in [0, 0.05) is 14.1 Å². The van der Waals surface area contributed by atoms with Crippen molar-refractivity contribution in [3.05, 3.63) is 50.7 Å². The van der Waals surface area contributed by atoms with Gasteiger partial charge in [-0.25, -0.2) is 4.79 Å². The number of aliphatic hydroxyl groups is 1. The van der Waals surface area contributed by atoms with Crippen LogP contribution >= 0.6 is 0 Å². The van der Waals surface area contributed by atoms with E-state index in [-0.39, 0.29) is 24.3 Å². The number of H-pyrrole nitrogens is 1. The number of aliphatic hydroxyl groups excluding tert-OH is 1. The Morgan fingerprint density at radius 2 is 2.00 bits per heavy atom. The van der Waals surface area contributed by atoms with Crippen LogP contribution in [-0.2, 0) is 20.0 Å². The number of rotatable bonds is 7. The number of aromatic nitrogens is 4. The number of imidazole rings is 1. The second-order valence-corrected chi connectivity index (χ2v) is 6.25. The molecule has 27 heavy (non-hydrogen) atoms. The lowest BCUT2D eigenvalue weighted by Crippen LogP contribution is -2.30. The summed E-state index contributed by atoms with van der Waals surface area (Å²) in [5, 5.41) is 13.3. The Hall–Kier alpha value is -3.07. The fraction of sp³-hybridized carbons (Fsp3) is 0.389. The highest BCUT2D eigenvalue weighted by Gasteiger charge is 2.19. The van der Waals surface area contributed by atoms with E-state index in [0.717, 1.165) is 6.42 Å². The number of benzene rings is 1. The van der Waals surface area contributed by atoms with Gasteiger partial charge in [-0.3, -0.25) is 14.3 Å². The van der Waals surface area contributed by atoms with E-state index < -0.39 is 17.4 Å². The minimum Gasteiger partial charge on any atom is -0.491 e. The van der Waals surface area contributed by atoms with Crippen molar-refractivity contribution in [2.45, 2.75) is 26.0 Å². The Morgan fingerprint density at radius 3 is 2.63 bits per heavy atom. The maximum Gasteiger partial charge on any atom is 0.329 e. The minimum absolute atomic E-state index is 0.0535. The van der Waals surface area contributed by atoms with E-state index in [1.54, 1.807) is 11.6 Å². The molecule has 1 unspecified atom stereocenters. The van der Waals surface area contributed by atoms with Crippen LogP contribution in [-0.4, -0.2) is 44.0 Å². The molecule has 0 aliphatic heterocycles. The van der Waals surface area contributed by atoms with E-state index in [9.17, 15) is 14.7 Å². The maximum absolute atomic E-state index is 12.3. The molecule has 1 atom stereocenters. The van der Waals surface area contributed by atoms with Gasteiger partial charge in [-0.2, -0.15) is 4.98 Å². The minimum atomic E-state index is -0.878. The number of aryl methyl sites for hydroxylation is 2. The van der Waals surface area contributed by atoms with Crippen LogP contribution in [0.2, 0.25) is 0 Å². The highest BCUT2D eigenvalue weighted by molar-refractivity contribution is 5.74. The van der Waals surface area contributed by atoms with E-state index in [1.165, 1.54) is 17.2 Å². The Kier molecular flexibility index (Phi) is 5.31. The van der Waals surface area contributed by atoms with Crippen molar-refractivity contribution in [2.24, 2.45) is 7.05 Å². The zero-order valence-corrected chi connectivity index (χ0v) is 15.5. The molecule has 9 heteroatoms. The van der Waals surface area contributed by atoms with Crippen LogP contribution in [0.4, 0.5) is 5.95 Å². The zero-order chi connectivity index (χ0) is 19.6. The standard InChI is InChI=1S/C18H23N5O4/c1-4-11-5-7-13(8-6-11)27-10-12(24)9-23-14-15(20-17(23)19-2)22(3)18(26)21-16(14)25/h5-8,12,24H,4,9-10H2,1-3H3,(H,19,20)(H,21,25,26). The number of hydrogen-bond acceptors (Lipinski definition) is 6. The lowest BCUT2D eigenvalue weighted by Gasteiger charge is -2.15. The van der Waals surface area contributed by atoms with E-state index in [1.807, 2.05) is 24.3 Å². The average Bonchev–Trinajstić information content (AvgIpc) is 3.04. The predicted molar refractivity (Wildman–Crippen MR) is 102 cm³/mol. The molecule has 0 saturated heterocycles. The summed E-state index contributed by atoms with van der Waals surface area (Å²) in [6.07, 6.45) is 0.0671. The van der Waals surface area contributed by atoms with Crippen molar-refractivity contribution in [1.29, 1.82) is 0 Å². The van der Waals surface area contributed by atoms with Crippen LogP contribution in [0.5, 0.6) is 5.75 Å². The van der Waals surface area contributed by atoms with Crippen LogP contribution in [0.25, 0.3) is 11.2 Å². The maximum atomic E-state index is 12.3. The molecule has 2 heterocycles. The number of anilines is 1. The monoisotopic (exact) mass is 373 g/mol. The highest BCUT2D eigenvalue weighted by atomic mass is 16.5. The summed E-state index contributed by atoms with van der Waals surface area (Å²) in [6.45, 7) is 2.21. The van der Waals surface area contributed by atoms with Crippen LogP contribution in [0, 0.1) is 0 Å². The van der Waals surface area contributed by atoms with Gasteiger partial charge in [-0.05, 0) is 24.1 Å². The number of ether oxygens (including phenoxy) is 1. The van der Waals surface area contributed by atoms with Gasteiger partial charge >= 0.3 is 5.69 Å². The number of nitrogens with one attached hydrogen (secondary N) is 2. The molecule has 2 aromatic heterocycles. The van der Waals surface area contributed by atoms with Crippen LogP contribution < -0.4 is 21.3 Å². The molecule has 0 saturated carbocycles. The SMILES string of the molecule is CCc1ccc(OCC(O)Cn2c(NC)nc3c2c(=O)[nH]c(=O)n3C)cc1. The molecule has 3 N–H and O–H groups in total. The molecule has 0 amide bonds. The molecule has 0 aliphatic rings. The molecule has 3 rings (SSSR count). The molecule has 0 aliphatic carbocycles. The van der Waals surface area contributed by atoms with Gasteiger partial charge < -0.3 is 19.7 Å². The summed E-state index contributed by atoms with van der Waals surface area (Å²) in [6, 6.07) is 7.67. The average molecular weight is 373 g/mol. The highest BCUT2D eigenvalue weighted by Crippen LogP contribution is 2.17. The Morgan fingerprint density at radius 1 is 1.30 bits per heavy atom. The predicted octanol–water partition coefficient (Wildman–Crippen LogP) is 0.467. The van der Waals surface area contributed by atoms with Gasteiger partial charge in [0.2, 0.25) is 5.95 Å². The van der Waals surface area contributed by atoms with E-state index in [4.69, 9.17) is 4.74 Å². The Balaban J connectivity index is 1.81. The van der Waals surface area contributed by atoms with Gasteiger partial charge in [-0.15, -0.1) is 0 Å². The zero-order valence-electron chi connectivity index (χ0n) is 15.5. The number of nitrogens with zero attached hydrogens (tertiary/aromatic N) is 3. The van der Waals surface area contributed by atoms with Crippen molar-refractivity contribution in [3.8, 4) is 5.75 Å². The molecule has 3 aromatic rings. The molecule has 0 bridgehead atoms. The van der Waals surface area contributed by atoms with Crippen molar-refractivity contribution in [1.82, 2.24) is 19.1 Å². The smallest absolute Gasteiger partial charge is 0.329 e. The first-order valence-corrected chi connectivity index (χ1v) is 8.71. The molecular formula is C18H23N5O4. The Labute approximate surface area is 155 Å². The molecular weight excluding hydrogens is 350 g/mol. The quantitative estimate of drug-likeness (QED) is 0.555. The summed E-state index contributed by atoms with van der Waals surface area (Å²) >= 11 is 0. The fourth-order valence-corrected chi connectivity index (χ4v) is 2.88. The van der Waals surface area contributed by atoms with Crippen molar-refractivity contribution in [2.75, 3.05) is 19.0 Å². The molecule has 1 aromatic carbocycles. The summed E-state index contributed by atoms with van der Waals surface area (Å²) in [5.74, 6) is 1.04. The number of fused-ring (bicyclic) bond motifs is 1. The second kappa shape index (κ2) is 7.67. The van der Waals surface area contributed by atoms with Crippen molar-refractivity contribution in [3.63, 3.8) is 0 Å². The second-order valence-electron chi connectivity index (χ2n) is 6.25. The third kappa shape index (κ3) is 3.72.